The van der Waals surface area contributed by atoms with Gasteiger partial charge in [0, 0.05) is 5.54 Å². The Morgan fingerprint density at radius 2 is 2.00 bits per heavy atom. The van der Waals surface area contributed by atoms with Crippen molar-refractivity contribution in [3.8, 4) is 0 Å². The molecule has 64 valence electrons. The second-order valence-electron chi connectivity index (χ2n) is 5.18. The minimum atomic E-state index is 0.375. The lowest BCUT2D eigenvalue weighted by Crippen LogP contribution is -2.55. The molecule has 2 rings (SSSR count). The molecule has 1 heteroatoms. The van der Waals surface area contributed by atoms with Gasteiger partial charge in [0.05, 0.1) is 0 Å². The van der Waals surface area contributed by atoms with E-state index < -0.39 is 0 Å². The van der Waals surface area contributed by atoms with Crippen LogP contribution in [0.15, 0.2) is 0 Å². The lowest BCUT2D eigenvalue weighted by Gasteiger charge is -2.46. The minimum absolute atomic E-state index is 0.375. The Labute approximate surface area is 69.6 Å². The normalized spacial score (nSPS) is 47.7. The molecule has 1 heterocycles. The van der Waals surface area contributed by atoms with E-state index in [1.54, 1.807) is 0 Å². The van der Waals surface area contributed by atoms with Crippen LogP contribution >= 0.6 is 0 Å². The molecule has 2 aliphatic rings. The highest BCUT2D eigenvalue weighted by Gasteiger charge is 2.49. The Balaban J connectivity index is 2.27. The number of piperidine rings is 1. The number of hydrogen-bond acceptors (Lipinski definition) is 1. The van der Waals surface area contributed by atoms with E-state index in [2.05, 4.69) is 26.1 Å². The molecule has 1 aliphatic carbocycles. The SMILES string of the molecule is CC12CCC(CNC1(C)C)C2. The molecule has 2 atom stereocenters. The largest absolute Gasteiger partial charge is 0.311 e. The fraction of sp³-hybridized carbons (Fsp3) is 1.00. The zero-order valence-electron chi connectivity index (χ0n) is 7.91. The molecule has 2 unspecified atom stereocenters. The third kappa shape index (κ3) is 0.936. The molecule has 0 aromatic heterocycles. The van der Waals surface area contributed by atoms with E-state index in [1.165, 1.54) is 25.8 Å². The molecule has 1 nitrogen and oxygen atoms in total. The van der Waals surface area contributed by atoms with Gasteiger partial charge in [-0.25, -0.2) is 0 Å². The van der Waals surface area contributed by atoms with Crippen molar-refractivity contribution in [3.05, 3.63) is 0 Å². The lowest BCUT2D eigenvalue weighted by molar-refractivity contribution is 0.102. The van der Waals surface area contributed by atoms with Gasteiger partial charge in [0.15, 0.2) is 0 Å². The monoisotopic (exact) mass is 153 g/mol. The summed E-state index contributed by atoms with van der Waals surface area (Å²) in [5.74, 6) is 0.980. The maximum atomic E-state index is 3.66. The summed E-state index contributed by atoms with van der Waals surface area (Å²) in [4.78, 5) is 0. The van der Waals surface area contributed by atoms with Gasteiger partial charge in [-0.05, 0) is 51.0 Å². The molecule has 0 radical (unpaired) electrons. The number of rotatable bonds is 0. The number of fused-ring (bicyclic) bond motifs is 2. The van der Waals surface area contributed by atoms with Crippen molar-refractivity contribution in [2.75, 3.05) is 6.54 Å². The van der Waals surface area contributed by atoms with Crippen molar-refractivity contribution in [1.82, 2.24) is 5.32 Å². The molecule has 0 amide bonds. The Kier molecular flexibility index (Phi) is 1.39. The predicted molar refractivity (Wildman–Crippen MR) is 47.5 cm³/mol. The quantitative estimate of drug-likeness (QED) is 0.562. The van der Waals surface area contributed by atoms with Crippen LogP contribution in [0.2, 0.25) is 0 Å². The Hall–Kier alpha value is -0.0400. The number of nitrogens with one attached hydrogen (secondary N) is 1. The van der Waals surface area contributed by atoms with Gasteiger partial charge in [-0.1, -0.05) is 6.92 Å². The summed E-state index contributed by atoms with van der Waals surface area (Å²) in [7, 11) is 0. The molecule has 11 heavy (non-hydrogen) atoms. The molecule has 1 aliphatic heterocycles. The van der Waals surface area contributed by atoms with Crippen LogP contribution in [0.4, 0.5) is 0 Å². The summed E-state index contributed by atoms with van der Waals surface area (Å²) in [6.07, 6.45) is 4.33. The molecule has 1 N–H and O–H groups in total. The van der Waals surface area contributed by atoms with E-state index in [0.717, 1.165) is 5.92 Å². The van der Waals surface area contributed by atoms with Crippen LogP contribution in [0.5, 0.6) is 0 Å². The van der Waals surface area contributed by atoms with Gasteiger partial charge in [0.25, 0.3) is 0 Å². The Morgan fingerprint density at radius 1 is 1.27 bits per heavy atom. The van der Waals surface area contributed by atoms with Crippen LogP contribution in [-0.2, 0) is 0 Å². The first-order valence-electron chi connectivity index (χ1n) is 4.79. The first kappa shape index (κ1) is 7.60. The summed E-state index contributed by atoms with van der Waals surface area (Å²) in [5.41, 5.74) is 0.954. The molecule has 2 fully saturated rings. The summed E-state index contributed by atoms with van der Waals surface area (Å²) >= 11 is 0. The first-order valence-corrected chi connectivity index (χ1v) is 4.79. The van der Waals surface area contributed by atoms with Crippen molar-refractivity contribution < 1.29 is 0 Å². The highest BCUT2D eigenvalue weighted by Crippen LogP contribution is 2.51. The number of hydrogen-bond donors (Lipinski definition) is 1. The van der Waals surface area contributed by atoms with Crippen LogP contribution < -0.4 is 5.32 Å². The Bertz CT molecular complexity index is 174. The van der Waals surface area contributed by atoms with Crippen LogP contribution in [0.3, 0.4) is 0 Å². The topological polar surface area (TPSA) is 12.0 Å². The third-order valence-corrected chi connectivity index (χ3v) is 4.19. The average molecular weight is 153 g/mol. The van der Waals surface area contributed by atoms with Gasteiger partial charge in [-0.3, -0.25) is 0 Å². The summed E-state index contributed by atoms with van der Waals surface area (Å²) < 4.78 is 0. The van der Waals surface area contributed by atoms with Gasteiger partial charge in [0.2, 0.25) is 0 Å². The van der Waals surface area contributed by atoms with E-state index >= 15 is 0 Å². The standard InChI is InChI=1S/C10H19N/c1-9(2)10(3)5-4-8(6-10)7-11-9/h8,11H,4-7H2,1-3H3. The van der Waals surface area contributed by atoms with E-state index in [-0.39, 0.29) is 0 Å². The highest BCUT2D eigenvalue weighted by molar-refractivity contribution is 5.05. The predicted octanol–water partition coefficient (Wildman–Crippen LogP) is 2.17. The smallest absolute Gasteiger partial charge is 0.0178 e. The molecule has 1 saturated carbocycles. The van der Waals surface area contributed by atoms with Gasteiger partial charge in [0.1, 0.15) is 0 Å². The van der Waals surface area contributed by atoms with Crippen LogP contribution in [0.25, 0.3) is 0 Å². The zero-order chi connectivity index (χ0) is 8.11. The minimum Gasteiger partial charge on any atom is -0.311 e. The van der Waals surface area contributed by atoms with Crippen molar-refractivity contribution in [1.29, 1.82) is 0 Å². The van der Waals surface area contributed by atoms with Crippen molar-refractivity contribution in [2.24, 2.45) is 11.3 Å². The molecule has 1 saturated heterocycles. The fourth-order valence-electron chi connectivity index (χ4n) is 2.72. The van der Waals surface area contributed by atoms with E-state index in [1.807, 2.05) is 0 Å². The van der Waals surface area contributed by atoms with Crippen molar-refractivity contribution in [3.63, 3.8) is 0 Å². The molecular formula is C10H19N. The van der Waals surface area contributed by atoms with Crippen molar-refractivity contribution in [2.45, 2.75) is 45.6 Å². The van der Waals surface area contributed by atoms with Crippen LogP contribution in [0, 0.1) is 11.3 Å². The van der Waals surface area contributed by atoms with Gasteiger partial charge < -0.3 is 5.32 Å². The molecule has 2 bridgehead atoms. The zero-order valence-corrected chi connectivity index (χ0v) is 7.91. The molecular weight excluding hydrogens is 134 g/mol. The highest BCUT2D eigenvalue weighted by atomic mass is 15.0. The van der Waals surface area contributed by atoms with E-state index in [9.17, 15) is 0 Å². The van der Waals surface area contributed by atoms with E-state index in [0.29, 0.717) is 11.0 Å². The van der Waals surface area contributed by atoms with Gasteiger partial charge in [-0.2, -0.15) is 0 Å². The fourth-order valence-corrected chi connectivity index (χ4v) is 2.72. The van der Waals surface area contributed by atoms with Gasteiger partial charge >= 0.3 is 0 Å². The summed E-state index contributed by atoms with van der Waals surface area (Å²) in [5, 5.41) is 3.66. The molecule has 0 spiro atoms. The second-order valence-corrected chi connectivity index (χ2v) is 5.18. The summed E-state index contributed by atoms with van der Waals surface area (Å²) in [6, 6.07) is 0. The van der Waals surface area contributed by atoms with E-state index in [4.69, 9.17) is 0 Å². The van der Waals surface area contributed by atoms with Crippen LogP contribution in [0.1, 0.15) is 40.0 Å². The third-order valence-electron chi connectivity index (χ3n) is 4.19. The van der Waals surface area contributed by atoms with Crippen molar-refractivity contribution >= 4 is 0 Å². The Morgan fingerprint density at radius 3 is 2.64 bits per heavy atom. The maximum absolute atomic E-state index is 3.66. The lowest BCUT2D eigenvalue weighted by atomic mass is 9.69. The molecule has 0 aromatic carbocycles. The second kappa shape index (κ2) is 2.01. The molecule has 0 aromatic rings. The maximum Gasteiger partial charge on any atom is 0.0178 e. The first-order chi connectivity index (χ1) is 5.04. The van der Waals surface area contributed by atoms with Crippen LogP contribution in [-0.4, -0.2) is 12.1 Å². The summed E-state index contributed by atoms with van der Waals surface area (Å²) in [6.45, 7) is 8.41. The van der Waals surface area contributed by atoms with Gasteiger partial charge in [-0.15, -0.1) is 0 Å². The average Bonchev–Trinajstić information content (AvgIpc) is 2.25.